The van der Waals surface area contributed by atoms with Gasteiger partial charge >= 0.3 is 12.1 Å². The maximum absolute atomic E-state index is 11.6. The molecule has 2 N–H and O–H groups in total. The van der Waals surface area contributed by atoms with Crippen LogP contribution < -0.4 is 5.32 Å². The van der Waals surface area contributed by atoms with Gasteiger partial charge in [-0.2, -0.15) is 0 Å². The van der Waals surface area contributed by atoms with Crippen LogP contribution in [0.15, 0.2) is 12.7 Å². The molecule has 5 nitrogen and oxygen atoms in total. The average molecular weight is 269 g/mol. The quantitative estimate of drug-likeness (QED) is 0.696. The van der Waals surface area contributed by atoms with Gasteiger partial charge in [0, 0.05) is 0 Å². The van der Waals surface area contributed by atoms with Crippen LogP contribution >= 0.6 is 0 Å². The minimum absolute atomic E-state index is 0.0237. The first-order chi connectivity index (χ1) is 9.04. The van der Waals surface area contributed by atoms with E-state index in [2.05, 4.69) is 11.9 Å². The predicted molar refractivity (Wildman–Crippen MR) is 71.8 cm³/mol. The first-order valence-electron chi connectivity index (χ1n) is 6.81. The Hall–Kier alpha value is -1.52. The molecule has 5 heteroatoms. The Bertz CT molecular complexity index is 323. The lowest BCUT2D eigenvalue weighted by Crippen LogP contribution is -2.45. The fraction of sp³-hybridized carbons (Fsp3) is 0.714. The molecule has 1 aliphatic rings. The molecule has 19 heavy (non-hydrogen) atoms. The van der Waals surface area contributed by atoms with Crippen molar-refractivity contribution >= 4 is 12.1 Å². The number of nitrogens with one attached hydrogen (secondary N) is 1. The second-order valence-electron chi connectivity index (χ2n) is 5.23. The summed E-state index contributed by atoms with van der Waals surface area (Å²) >= 11 is 0. The van der Waals surface area contributed by atoms with E-state index in [4.69, 9.17) is 9.84 Å². The molecule has 0 spiro atoms. The van der Waals surface area contributed by atoms with Crippen molar-refractivity contribution < 1.29 is 19.4 Å². The van der Waals surface area contributed by atoms with Crippen LogP contribution in [0.4, 0.5) is 4.79 Å². The van der Waals surface area contributed by atoms with Crippen LogP contribution in [0.3, 0.4) is 0 Å². The summed E-state index contributed by atoms with van der Waals surface area (Å²) < 4.78 is 5.04. The summed E-state index contributed by atoms with van der Waals surface area (Å²) in [6.07, 6.45) is 5.65. The van der Waals surface area contributed by atoms with Crippen LogP contribution in [0.25, 0.3) is 0 Å². The molecule has 108 valence electrons. The second-order valence-corrected chi connectivity index (χ2v) is 5.23. The monoisotopic (exact) mass is 269 g/mol. The largest absolute Gasteiger partial charge is 0.480 e. The van der Waals surface area contributed by atoms with Crippen LogP contribution in [-0.2, 0) is 9.53 Å². The van der Waals surface area contributed by atoms with E-state index in [1.165, 1.54) is 0 Å². The molecule has 0 bridgehead atoms. The maximum Gasteiger partial charge on any atom is 0.407 e. The summed E-state index contributed by atoms with van der Waals surface area (Å²) in [5.74, 6) is -0.767. The third-order valence-electron chi connectivity index (χ3n) is 3.48. The van der Waals surface area contributed by atoms with Gasteiger partial charge in [0.05, 0.1) is 6.61 Å². The summed E-state index contributed by atoms with van der Waals surface area (Å²) in [5, 5.41) is 11.6. The highest BCUT2D eigenvalue weighted by Gasteiger charge is 2.32. The fourth-order valence-electron chi connectivity index (χ4n) is 2.41. The zero-order valence-corrected chi connectivity index (χ0v) is 11.4. The Labute approximate surface area is 114 Å². The molecular weight excluding hydrogens is 246 g/mol. The molecule has 0 aromatic carbocycles. The molecule has 0 saturated heterocycles. The first-order valence-corrected chi connectivity index (χ1v) is 6.81. The zero-order chi connectivity index (χ0) is 14.3. The van der Waals surface area contributed by atoms with Crippen LogP contribution in [-0.4, -0.2) is 29.8 Å². The lowest BCUT2D eigenvalue weighted by molar-refractivity contribution is -0.140. The molecule has 1 fully saturated rings. The molecule has 0 radical (unpaired) electrons. The molecule has 1 amide bonds. The number of alkyl carbamates (subject to hydrolysis) is 1. The molecule has 2 unspecified atom stereocenters. The number of hydrogen-bond donors (Lipinski definition) is 2. The van der Waals surface area contributed by atoms with Crippen molar-refractivity contribution in [3.63, 3.8) is 0 Å². The minimum atomic E-state index is -0.983. The number of allylic oxidation sites excluding steroid dienone is 1. The number of amides is 1. The molecule has 0 aliphatic heterocycles. The predicted octanol–water partition coefficient (Wildman–Crippen LogP) is 2.57. The lowest BCUT2D eigenvalue weighted by atomic mass is 9.98. The smallest absolute Gasteiger partial charge is 0.407 e. The lowest BCUT2D eigenvalue weighted by Gasteiger charge is -2.20. The van der Waals surface area contributed by atoms with Crippen molar-refractivity contribution in [2.75, 3.05) is 6.61 Å². The van der Waals surface area contributed by atoms with E-state index in [-0.39, 0.29) is 18.4 Å². The van der Waals surface area contributed by atoms with Crippen LogP contribution in [0.5, 0.6) is 0 Å². The topological polar surface area (TPSA) is 75.6 Å². The van der Waals surface area contributed by atoms with Crippen molar-refractivity contribution in [3.8, 4) is 0 Å². The number of carboxylic acid groups (broad SMARTS) is 1. The molecule has 1 saturated carbocycles. The summed E-state index contributed by atoms with van der Waals surface area (Å²) in [5.41, 5.74) is 0. The molecule has 1 aliphatic carbocycles. The fourth-order valence-corrected chi connectivity index (χ4v) is 2.41. The summed E-state index contributed by atoms with van der Waals surface area (Å²) in [7, 11) is 0. The van der Waals surface area contributed by atoms with Crippen molar-refractivity contribution in [2.24, 2.45) is 11.8 Å². The molecule has 2 atom stereocenters. The minimum Gasteiger partial charge on any atom is -0.480 e. The van der Waals surface area contributed by atoms with E-state index in [0.717, 1.165) is 32.1 Å². The van der Waals surface area contributed by atoms with Gasteiger partial charge in [-0.15, -0.1) is 6.58 Å². The SMILES string of the molecule is C=CCC(C)COC(=O)NC(C(=O)O)C1CCCC1. The van der Waals surface area contributed by atoms with Gasteiger partial charge in [0.15, 0.2) is 0 Å². The Balaban J connectivity index is 2.38. The highest BCUT2D eigenvalue weighted by molar-refractivity contribution is 5.80. The van der Waals surface area contributed by atoms with Crippen LogP contribution in [0.1, 0.15) is 39.0 Å². The number of carboxylic acids is 1. The van der Waals surface area contributed by atoms with E-state index in [1.54, 1.807) is 6.08 Å². The standard InChI is InChI=1S/C14H23NO4/c1-3-6-10(2)9-19-14(18)15-12(13(16)17)11-7-4-5-8-11/h3,10-12H,1,4-9H2,2H3,(H,15,18)(H,16,17). The van der Waals surface area contributed by atoms with Crippen molar-refractivity contribution in [3.05, 3.63) is 12.7 Å². The molecule has 0 aromatic heterocycles. The summed E-state index contributed by atoms with van der Waals surface area (Å²) in [6, 6.07) is -0.829. The van der Waals surface area contributed by atoms with Gasteiger partial charge in [0.25, 0.3) is 0 Å². The number of hydrogen-bond acceptors (Lipinski definition) is 3. The Morgan fingerprint density at radius 1 is 1.47 bits per heavy atom. The molecule has 1 rings (SSSR count). The van der Waals surface area contributed by atoms with E-state index >= 15 is 0 Å². The first kappa shape index (κ1) is 15.5. The van der Waals surface area contributed by atoms with Gasteiger partial charge in [-0.3, -0.25) is 0 Å². The van der Waals surface area contributed by atoms with Gasteiger partial charge in [0.2, 0.25) is 0 Å². The molecular formula is C14H23NO4. The van der Waals surface area contributed by atoms with E-state index in [0.29, 0.717) is 0 Å². The second kappa shape index (κ2) is 7.81. The van der Waals surface area contributed by atoms with E-state index in [9.17, 15) is 9.59 Å². The Morgan fingerprint density at radius 2 is 2.11 bits per heavy atom. The summed E-state index contributed by atoms with van der Waals surface area (Å²) in [4.78, 5) is 22.8. The Morgan fingerprint density at radius 3 is 2.63 bits per heavy atom. The van der Waals surface area contributed by atoms with Crippen LogP contribution in [0, 0.1) is 11.8 Å². The average Bonchev–Trinajstić information content (AvgIpc) is 2.87. The van der Waals surface area contributed by atoms with Gasteiger partial charge in [-0.25, -0.2) is 9.59 Å². The van der Waals surface area contributed by atoms with Gasteiger partial charge < -0.3 is 15.2 Å². The van der Waals surface area contributed by atoms with Crippen molar-refractivity contribution in [2.45, 2.75) is 45.1 Å². The molecule has 0 heterocycles. The third-order valence-corrected chi connectivity index (χ3v) is 3.48. The highest BCUT2D eigenvalue weighted by atomic mass is 16.5. The zero-order valence-electron chi connectivity index (χ0n) is 11.4. The maximum atomic E-state index is 11.6. The third kappa shape index (κ3) is 5.32. The number of carbonyl (C=O) groups is 2. The van der Waals surface area contributed by atoms with Crippen molar-refractivity contribution in [1.29, 1.82) is 0 Å². The highest BCUT2D eigenvalue weighted by Crippen LogP contribution is 2.27. The molecule has 0 aromatic rings. The van der Waals surface area contributed by atoms with E-state index < -0.39 is 18.1 Å². The normalized spacial score (nSPS) is 18.6. The van der Waals surface area contributed by atoms with Gasteiger partial charge in [-0.05, 0) is 31.1 Å². The summed E-state index contributed by atoms with van der Waals surface area (Å²) in [6.45, 7) is 5.84. The number of rotatable bonds is 7. The van der Waals surface area contributed by atoms with E-state index in [1.807, 2.05) is 6.92 Å². The van der Waals surface area contributed by atoms with Gasteiger partial charge in [-0.1, -0.05) is 25.8 Å². The number of ether oxygens (including phenoxy) is 1. The number of aliphatic carboxylic acids is 1. The Kier molecular flexibility index (Phi) is 6.39. The van der Waals surface area contributed by atoms with Gasteiger partial charge in [0.1, 0.15) is 6.04 Å². The number of carbonyl (C=O) groups excluding carboxylic acids is 1. The van der Waals surface area contributed by atoms with Crippen molar-refractivity contribution in [1.82, 2.24) is 5.32 Å². The van der Waals surface area contributed by atoms with Crippen LogP contribution in [0.2, 0.25) is 0 Å².